The standard InChI is InChI=1S/C23H32N2O4S/c1-5-15-29-21-13-11-20(12-14-21)25(30(4,27)28)17-23(26)24-22(16-18(2)3)19-9-7-6-8-10-19/h6-14,18,22H,5,15-17H2,1-4H3,(H,24,26)/t22-/m1/s1. The molecule has 0 heterocycles. The quantitative estimate of drug-likeness (QED) is 0.579. The lowest BCUT2D eigenvalue weighted by atomic mass is 9.97. The second-order valence-corrected chi connectivity index (χ2v) is 9.68. The molecule has 0 spiro atoms. The van der Waals surface area contributed by atoms with Crippen molar-refractivity contribution in [3.05, 3.63) is 60.2 Å². The monoisotopic (exact) mass is 432 g/mol. The number of sulfonamides is 1. The van der Waals surface area contributed by atoms with Crippen molar-refractivity contribution in [2.75, 3.05) is 23.7 Å². The van der Waals surface area contributed by atoms with Crippen LogP contribution in [0.5, 0.6) is 5.75 Å². The van der Waals surface area contributed by atoms with Crippen molar-refractivity contribution in [2.24, 2.45) is 5.92 Å². The maximum absolute atomic E-state index is 12.8. The first-order chi connectivity index (χ1) is 14.2. The third-order valence-electron chi connectivity index (χ3n) is 4.53. The Hall–Kier alpha value is -2.54. The van der Waals surface area contributed by atoms with Gasteiger partial charge in [-0.1, -0.05) is 51.1 Å². The van der Waals surface area contributed by atoms with E-state index in [-0.39, 0.29) is 18.5 Å². The summed E-state index contributed by atoms with van der Waals surface area (Å²) in [5.74, 6) is 0.693. The van der Waals surface area contributed by atoms with E-state index < -0.39 is 10.0 Å². The molecule has 2 rings (SSSR count). The maximum Gasteiger partial charge on any atom is 0.241 e. The number of hydrogen-bond acceptors (Lipinski definition) is 4. The van der Waals surface area contributed by atoms with Crippen LogP contribution in [0.4, 0.5) is 5.69 Å². The van der Waals surface area contributed by atoms with Crippen LogP contribution < -0.4 is 14.4 Å². The molecule has 0 aliphatic carbocycles. The Labute approximate surface area is 180 Å². The van der Waals surface area contributed by atoms with Crippen molar-refractivity contribution >= 4 is 21.6 Å². The second kappa shape index (κ2) is 11.0. The number of amides is 1. The highest BCUT2D eigenvalue weighted by molar-refractivity contribution is 7.92. The van der Waals surface area contributed by atoms with E-state index in [1.807, 2.05) is 37.3 Å². The summed E-state index contributed by atoms with van der Waals surface area (Å²) in [6.07, 6.45) is 2.75. The van der Waals surface area contributed by atoms with Crippen LogP contribution in [0.1, 0.15) is 45.2 Å². The van der Waals surface area contributed by atoms with Gasteiger partial charge in [0.15, 0.2) is 0 Å². The Bertz CT molecular complexity index is 897. The van der Waals surface area contributed by atoms with Crippen LogP contribution >= 0.6 is 0 Å². The zero-order valence-electron chi connectivity index (χ0n) is 18.2. The number of rotatable bonds is 11. The number of hydrogen-bond donors (Lipinski definition) is 1. The molecule has 2 aromatic carbocycles. The molecule has 0 radical (unpaired) electrons. The molecule has 30 heavy (non-hydrogen) atoms. The van der Waals surface area contributed by atoms with Crippen molar-refractivity contribution in [2.45, 2.75) is 39.7 Å². The van der Waals surface area contributed by atoms with Crippen LogP contribution in [0.15, 0.2) is 54.6 Å². The molecule has 0 saturated heterocycles. The number of ether oxygens (including phenoxy) is 1. The summed E-state index contributed by atoms with van der Waals surface area (Å²) in [5, 5.41) is 3.01. The van der Waals surface area contributed by atoms with Crippen molar-refractivity contribution in [1.82, 2.24) is 5.32 Å². The first kappa shape index (κ1) is 23.7. The van der Waals surface area contributed by atoms with Crippen LogP contribution in [0.3, 0.4) is 0 Å². The zero-order chi connectivity index (χ0) is 22.1. The summed E-state index contributed by atoms with van der Waals surface area (Å²) in [6, 6.07) is 16.3. The molecule has 0 fully saturated rings. The van der Waals surface area contributed by atoms with Crippen molar-refractivity contribution in [3.63, 3.8) is 0 Å². The highest BCUT2D eigenvalue weighted by Gasteiger charge is 2.23. The van der Waals surface area contributed by atoms with Gasteiger partial charge in [-0.15, -0.1) is 0 Å². The summed E-state index contributed by atoms with van der Waals surface area (Å²) >= 11 is 0. The molecule has 7 heteroatoms. The molecule has 0 saturated carbocycles. The van der Waals surface area contributed by atoms with Gasteiger partial charge in [0.2, 0.25) is 15.9 Å². The van der Waals surface area contributed by atoms with Gasteiger partial charge in [-0.05, 0) is 48.6 Å². The van der Waals surface area contributed by atoms with E-state index >= 15 is 0 Å². The lowest BCUT2D eigenvalue weighted by Crippen LogP contribution is -2.41. The fraction of sp³-hybridized carbons (Fsp3) is 0.435. The Kier molecular flexibility index (Phi) is 8.72. The third-order valence-corrected chi connectivity index (χ3v) is 5.67. The number of benzene rings is 2. The summed E-state index contributed by atoms with van der Waals surface area (Å²) in [6.45, 7) is 6.50. The predicted octanol–water partition coefficient (Wildman–Crippen LogP) is 4.15. The number of nitrogens with one attached hydrogen (secondary N) is 1. The minimum atomic E-state index is -3.63. The van der Waals surface area contributed by atoms with E-state index in [1.165, 1.54) is 0 Å². The average molecular weight is 433 g/mol. The van der Waals surface area contributed by atoms with E-state index in [4.69, 9.17) is 4.74 Å². The predicted molar refractivity (Wildman–Crippen MR) is 121 cm³/mol. The van der Waals surface area contributed by atoms with Crippen molar-refractivity contribution in [3.8, 4) is 5.75 Å². The number of carbonyl (C=O) groups excluding carboxylic acids is 1. The molecule has 0 aliphatic heterocycles. The smallest absolute Gasteiger partial charge is 0.241 e. The molecule has 1 N–H and O–H groups in total. The number of anilines is 1. The lowest BCUT2D eigenvalue weighted by molar-refractivity contribution is -0.120. The van der Waals surface area contributed by atoms with Crippen LogP contribution in [-0.4, -0.2) is 33.7 Å². The molecule has 1 atom stereocenters. The molecule has 0 bridgehead atoms. The van der Waals surface area contributed by atoms with E-state index in [1.54, 1.807) is 24.3 Å². The Morgan fingerprint density at radius 3 is 2.23 bits per heavy atom. The van der Waals surface area contributed by atoms with Gasteiger partial charge in [0, 0.05) is 0 Å². The highest BCUT2D eigenvalue weighted by atomic mass is 32.2. The molecule has 164 valence electrons. The lowest BCUT2D eigenvalue weighted by Gasteiger charge is -2.25. The highest BCUT2D eigenvalue weighted by Crippen LogP contribution is 2.23. The minimum absolute atomic E-state index is 0.176. The van der Waals surface area contributed by atoms with Crippen LogP contribution in [-0.2, 0) is 14.8 Å². The van der Waals surface area contributed by atoms with Crippen LogP contribution in [0.2, 0.25) is 0 Å². The summed E-state index contributed by atoms with van der Waals surface area (Å²) in [4.78, 5) is 12.8. The molecular formula is C23H32N2O4S. The van der Waals surface area contributed by atoms with Gasteiger partial charge in [0.05, 0.1) is 24.6 Å². The number of carbonyl (C=O) groups is 1. The minimum Gasteiger partial charge on any atom is -0.494 e. The molecule has 0 aromatic heterocycles. The van der Waals surface area contributed by atoms with Crippen LogP contribution in [0, 0.1) is 5.92 Å². The second-order valence-electron chi connectivity index (χ2n) is 7.77. The molecular weight excluding hydrogens is 400 g/mol. The largest absolute Gasteiger partial charge is 0.494 e. The average Bonchev–Trinajstić information content (AvgIpc) is 2.70. The van der Waals surface area contributed by atoms with E-state index in [0.29, 0.717) is 24.0 Å². The maximum atomic E-state index is 12.8. The SMILES string of the molecule is CCCOc1ccc(N(CC(=O)N[C@H](CC(C)C)c2ccccc2)S(C)(=O)=O)cc1. The molecule has 0 unspecified atom stereocenters. The van der Waals surface area contributed by atoms with Gasteiger partial charge in [-0.2, -0.15) is 0 Å². The van der Waals surface area contributed by atoms with Gasteiger partial charge < -0.3 is 10.1 Å². The fourth-order valence-corrected chi connectivity index (χ4v) is 3.99. The van der Waals surface area contributed by atoms with Crippen molar-refractivity contribution < 1.29 is 17.9 Å². The fourth-order valence-electron chi connectivity index (χ4n) is 3.13. The van der Waals surface area contributed by atoms with Crippen LogP contribution in [0.25, 0.3) is 0 Å². The molecule has 1 amide bonds. The van der Waals surface area contributed by atoms with E-state index in [2.05, 4.69) is 19.2 Å². The zero-order valence-corrected chi connectivity index (χ0v) is 19.0. The van der Waals surface area contributed by atoms with Gasteiger partial charge >= 0.3 is 0 Å². The third kappa shape index (κ3) is 7.37. The van der Waals surface area contributed by atoms with E-state index in [0.717, 1.165) is 29.0 Å². The van der Waals surface area contributed by atoms with Gasteiger partial charge in [0.1, 0.15) is 12.3 Å². The Balaban J connectivity index is 2.16. The first-order valence-corrected chi connectivity index (χ1v) is 12.1. The summed E-state index contributed by atoms with van der Waals surface area (Å²) in [5.41, 5.74) is 1.43. The van der Waals surface area contributed by atoms with Gasteiger partial charge in [-0.3, -0.25) is 9.10 Å². The number of nitrogens with zero attached hydrogens (tertiary/aromatic N) is 1. The normalized spacial score (nSPS) is 12.4. The Morgan fingerprint density at radius 1 is 1.07 bits per heavy atom. The first-order valence-electron chi connectivity index (χ1n) is 10.3. The Morgan fingerprint density at radius 2 is 1.70 bits per heavy atom. The van der Waals surface area contributed by atoms with Gasteiger partial charge in [-0.25, -0.2) is 8.42 Å². The molecule has 6 nitrogen and oxygen atoms in total. The van der Waals surface area contributed by atoms with Crippen molar-refractivity contribution in [1.29, 1.82) is 0 Å². The van der Waals surface area contributed by atoms with E-state index in [9.17, 15) is 13.2 Å². The van der Waals surface area contributed by atoms with Gasteiger partial charge in [0.25, 0.3) is 0 Å². The summed E-state index contributed by atoms with van der Waals surface area (Å²) < 4.78 is 31.4. The molecule has 2 aromatic rings. The summed E-state index contributed by atoms with van der Waals surface area (Å²) in [7, 11) is -3.63. The topological polar surface area (TPSA) is 75.7 Å². The molecule has 0 aliphatic rings.